The van der Waals surface area contributed by atoms with Crippen molar-refractivity contribution in [3.8, 4) is 0 Å². The third kappa shape index (κ3) is 5.31. The molecular weight excluding hydrogens is 252 g/mol. The summed E-state index contributed by atoms with van der Waals surface area (Å²) in [6.07, 6.45) is 3.29. The third-order valence-corrected chi connectivity index (χ3v) is 4.17. The minimum atomic E-state index is -0.408. The first kappa shape index (κ1) is 17.3. The molecule has 0 bridgehead atoms. The maximum atomic E-state index is 12.1. The number of nitrogens with one attached hydrogen (secondary N) is 1. The Balaban J connectivity index is 2.51. The van der Waals surface area contributed by atoms with Crippen molar-refractivity contribution in [3.05, 3.63) is 0 Å². The Morgan fingerprint density at radius 2 is 2.10 bits per heavy atom. The summed E-state index contributed by atoms with van der Waals surface area (Å²) < 4.78 is 5.45. The first-order valence-electron chi connectivity index (χ1n) is 7.92. The van der Waals surface area contributed by atoms with Gasteiger partial charge in [0.05, 0.1) is 0 Å². The molecule has 3 unspecified atom stereocenters. The summed E-state index contributed by atoms with van der Waals surface area (Å²) in [6, 6.07) is 0.498. The van der Waals surface area contributed by atoms with Crippen LogP contribution in [0.15, 0.2) is 0 Å². The predicted molar refractivity (Wildman–Crippen MR) is 82.8 cm³/mol. The number of nitrogens with zero attached hydrogens (tertiary/aromatic N) is 1. The number of carbonyl (C=O) groups is 1. The van der Waals surface area contributed by atoms with Gasteiger partial charge in [0.2, 0.25) is 0 Å². The van der Waals surface area contributed by atoms with Crippen LogP contribution in [-0.2, 0) is 4.74 Å². The molecule has 1 heterocycles. The van der Waals surface area contributed by atoms with Gasteiger partial charge in [0.15, 0.2) is 0 Å². The van der Waals surface area contributed by atoms with E-state index in [0.717, 1.165) is 25.4 Å². The molecule has 3 atom stereocenters. The van der Waals surface area contributed by atoms with Crippen molar-refractivity contribution in [1.82, 2.24) is 10.2 Å². The van der Waals surface area contributed by atoms with Gasteiger partial charge in [-0.2, -0.15) is 0 Å². The van der Waals surface area contributed by atoms with Gasteiger partial charge in [-0.05, 0) is 52.5 Å². The molecule has 1 rings (SSSR count). The van der Waals surface area contributed by atoms with Crippen LogP contribution in [-0.4, -0.2) is 42.8 Å². The van der Waals surface area contributed by atoms with Gasteiger partial charge in [-0.1, -0.05) is 20.3 Å². The van der Waals surface area contributed by atoms with Crippen LogP contribution in [0.1, 0.15) is 53.9 Å². The summed E-state index contributed by atoms with van der Waals surface area (Å²) >= 11 is 0. The van der Waals surface area contributed by atoms with E-state index in [1.807, 2.05) is 32.7 Å². The molecule has 0 aromatic rings. The Morgan fingerprint density at radius 1 is 1.45 bits per heavy atom. The lowest BCUT2D eigenvalue weighted by Crippen LogP contribution is -2.39. The Kier molecular flexibility index (Phi) is 6.31. The Morgan fingerprint density at radius 3 is 2.60 bits per heavy atom. The van der Waals surface area contributed by atoms with Gasteiger partial charge in [-0.25, -0.2) is 4.79 Å². The molecule has 1 N–H and O–H groups in total. The number of rotatable bonds is 5. The SMILES string of the molecule is CCC(C)CC(NC)C1CCN(C(=O)OC(C)(C)C)C1. The average Bonchev–Trinajstić information content (AvgIpc) is 2.83. The lowest BCUT2D eigenvalue weighted by molar-refractivity contribution is 0.0285. The van der Waals surface area contributed by atoms with Gasteiger partial charge in [0.25, 0.3) is 0 Å². The highest BCUT2D eigenvalue weighted by molar-refractivity contribution is 5.68. The second-order valence-electron chi connectivity index (χ2n) is 7.12. The minimum absolute atomic E-state index is 0.168. The van der Waals surface area contributed by atoms with Crippen LogP contribution < -0.4 is 5.32 Å². The first-order chi connectivity index (χ1) is 9.26. The Hall–Kier alpha value is -0.770. The van der Waals surface area contributed by atoms with Crippen molar-refractivity contribution in [2.24, 2.45) is 11.8 Å². The molecule has 4 heteroatoms. The van der Waals surface area contributed by atoms with Crippen molar-refractivity contribution >= 4 is 6.09 Å². The van der Waals surface area contributed by atoms with Gasteiger partial charge in [0.1, 0.15) is 5.60 Å². The topological polar surface area (TPSA) is 41.6 Å². The molecule has 0 aliphatic carbocycles. The van der Waals surface area contributed by atoms with E-state index in [-0.39, 0.29) is 6.09 Å². The van der Waals surface area contributed by atoms with Gasteiger partial charge in [-0.15, -0.1) is 0 Å². The van der Waals surface area contributed by atoms with Crippen LogP contribution >= 0.6 is 0 Å². The fraction of sp³-hybridized carbons (Fsp3) is 0.938. The number of amides is 1. The molecule has 118 valence electrons. The summed E-state index contributed by atoms with van der Waals surface area (Å²) in [6.45, 7) is 11.9. The van der Waals surface area contributed by atoms with Crippen LogP contribution in [0.3, 0.4) is 0 Å². The third-order valence-electron chi connectivity index (χ3n) is 4.17. The fourth-order valence-corrected chi connectivity index (χ4v) is 2.75. The Bertz CT molecular complexity index is 312. The van der Waals surface area contributed by atoms with Crippen molar-refractivity contribution in [3.63, 3.8) is 0 Å². The van der Waals surface area contributed by atoms with Crippen LogP contribution in [0.4, 0.5) is 4.79 Å². The van der Waals surface area contributed by atoms with E-state index in [9.17, 15) is 4.79 Å². The summed E-state index contributed by atoms with van der Waals surface area (Å²) in [4.78, 5) is 13.9. The number of hydrogen-bond donors (Lipinski definition) is 1. The van der Waals surface area contributed by atoms with E-state index in [2.05, 4.69) is 19.2 Å². The lowest BCUT2D eigenvalue weighted by atomic mass is 9.89. The van der Waals surface area contributed by atoms with E-state index in [0.29, 0.717) is 12.0 Å². The Labute approximate surface area is 124 Å². The fourth-order valence-electron chi connectivity index (χ4n) is 2.75. The predicted octanol–water partition coefficient (Wildman–Crippen LogP) is 3.27. The van der Waals surface area contributed by atoms with Crippen molar-refractivity contribution in [2.45, 2.75) is 65.5 Å². The molecule has 1 aliphatic heterocycles. The second kappa shape index (κ2) is 7.30. The van der Waals surface area contributed by atoms with Crippen LogP contribution in [0.25, 0.3) is 0 Å². The van der Waals surface area contributed by atoms with E-state index in [4.69, 9.17) is 4.74 Å². The summed E-state index contributed by atoms with van der Waals surface area (Å²) in [5.41, 5.74) is -0.408. The van der Waals surface area contributed by atoms with Crippen molar-refractivity contribution in [1.29, 1.82) is 0 Å². The van der Waals surface area contributed by atoms with Gasteiger partial charge in [-0.3, -0.25) is 0 Å². The normalized spacial score (nSPS) is 22.7. The zero-order valence-corrected chi connectivity index (χ0v) is 14.0. The number of carbonyl (C=O) groups excluding carboxylic acids is 1. The van der Waals surface area contributed by atoms with E-state index < -0.39 is 5.60 Å². The molecule has 0 radical (unpaired) electrons. The van der Waals surface area contributed by atoms with Crippen LogP contribution in [0, 0.1) is 11.8 Å². The summed E-state index contributed by atoms with van der Waals surface area (Å²) in [7, 11) is 2.03. The quantitative estimate of drug-likeness (QED) is 0.842. The molecule has 0 aromatic carbocycles. The zero-order valence-electron chi connectivity index (χ0n) is 14.0. The zero-order chi connectivity index (χ0) is 15.3. The molecule has 1 amide bonds. The van der Waals surface area contributed by atoms with Crippen LogP contribution in [0.2, 0.25) is 0 Å². The highest BCUT2D eigenvalue weighted by atomic mass is 16.6. The summed E-state index contributed by atoms with van der Waals surface area (Å²) in [5, 5.41) is 3.44. The highest BCUT2D eigenvalue weighted by Crippen LogP contribution is 2.25. The van der Waals surface area contributed by atoms with Crippen LogP contribution in [0.5, 0.6) is 0 Å². The smallest absolute Gasteiger partial charge is 0.410 e. The molecule has 0 spiro atoms. The molecule has 1 aliphatic rings. The summed E-state index contributed by atoms with van der Waals surface area (Å²) in [5.74, 6) is 1.27. The monoisotopic (exact) mass is 284 g/mol. The molecule has 1 fully saturated rings. The molecule has 4 nitrogen and oxygen atoms in total. The molecular formula is C16H32N2O2. The van der Waals surface area contributed by atoms with E-state index in [1.54, 1.807) is 0 Å². The highest BCUT2D eigenvalue weighted by Gasteiger charge is 2.33. The molecule has 1 saturated heterocycles. The van der Waals surface area contributed by atoms with Gasteiger partial charge >= 0.3 is 6.09 Å². The standard InChI is InChI=1S/C16H32N2O2/c1-7-12(2)10-14(17-6)13-8-9-18(11-13)15(19)20-16(3,4)5/h12-14,17H,7-11H2,1-6H3. The minimum Gasteiger partial charge on any atom is -0.444 e. The molecule has 0 aromatic heterocycles. The molecule has 20 heavy (non-hydrogen) atoms. The number of likely N-dealkylation sites (tertiary alicyclic amines) is 1. The first-order valence-corrected chi connectivity index (χ1v) is 7.92. The van der Waals surface area contributed by atoms with Gasteiger partial charge in [0, 0.05) is 19.1 Å². The number of hydrogen-bond acceptors (Lipinski definition) is 3. The number of ether oxygens (including phenoxy) is 1. The van der Waals surface area contributed by atoms with E-state index >= 15 is 0 Å². The van der Waals surface area contributed by atoms with Crippen molar-refractivity contribution < 1.29 is 9.53 Å². The largest absolute Gasteiger partial charge is 0.444 e. The van der Waals surface area contributed by atoms with Crippen molar-refractivity contribution in [2.75, 3.05) is 20.1 Å². The second-order valence-corrected chi connectivity index (χ2v) is 7.12. The average molecular weight is 284 g/mol. The lowest BCUT2D eigenvalue weighted by Gasteiger charge is -2.27. The van der Waals surface area contributed by atoms with E-state index in [1.165, 1.54) is 12.8 Å². The maximum Gasteiger partial charge on any atom is 0.410 e. The molecule has 0 saturated carbocycles. The maximum absolute atomic E-state index is 12.1. The van der Waals surface area contributed by atoms with Gasteiger partial charge < -0.3 is 15.0 Å².